The lowest BCUT2D eigenvalue weighted by molar-refractivity contribution is 0.208. The minimum absolute atomic E-state index is 0.235. The highest BCUT2D eigenvalue weighted by molar-refractivity contribution is 5.07. The van der Waals surface area contributed by atoms with Crippen molar-refractivity contribution in [2.24, 2.45) is 0 Å². The summed E-state index contributed by atoms with van der Waals surface area (Å²) >= 11 is 0. The lowest BCUT2D eigenvalue weighted by Gasteiger charge is -2.35. The van der Waals surface area contributed by atoms with E-state index in [1.807, 2.05) is 6.92 Å². The van der Waals surface area contributed by atoms with Gasteiger partial charge in [-0.05, 0) is 19.3 Å². The molecule has 1 aliphatic rings. The lowest BCUT2D eigenvalue weighted by Crippen LogP contribution is -2.44. The van der Waals surface area contributed by atoms with Crippen molar-refractivity contribution < 1.29 is 9.05 Å². The van der Waals surface area contributed by atoms with Crippen molar-refractivity contribution in [1.82, 2.24) is 25.6 Å². The first-order valence-corrected chi connectivity index (χ1v) is 8.09. The zero-order valence-corrected chi connectivity index (χ0v) is 13.3. The summed E-state index contributed by atoms with van der Waals surface area (Å²) in [5.41, 5.74) is -0.235. The fraction of sp³-hybridized carbons (Fsp3) is 0.733. The number of rotatable bonds is 6. The van der Waals surface area contributed by atoms with Gasteiger partial charge >= 0.3 is 0 Å². The second kappa shape index (κ2) is 6.56. The molecule has 0 saturated heterocycles. The van der Waals surface area contributed by atoms with Gasteiger partial charge in [0.15, 0.2) is 11.6 Å². The van der Waals surface area contributed by atoms with Gasteiger partial charge in [-0.1, -0.05) is 36.5 Å². The van der Waals surface area contributed by atoms with Crippen molar-refractivity contribution >= 4 is 0 Å². The maximum Gasteiger partial charge on any atom is 0.226 e. The predicted molar refractivity (Wildman–Crippen MR) is 78.9 cm³/mol. The molecule has 1 N–H and O–H groups in total. The Balaban J connectivity index is 1.72. The quantitative estimate of drug-likeness (QED) is 0.877. The average Bonchev–Trinajstić information content (AvgIpc) is 3.16. The van der Waals surface area contributed by atoms with Gasteiger partial charge < -0.3 is 9.05 Å². The highest BCUT2D eigenvalue weighted by atomic mass is 16.5. The smallest absolute Gasteiger partial charge is 0.226 e. The number of nitrogens with zero attached hydrogens (tertiary/aromatic N) is 4. The number of hydrogen-bond acceptors (Lipinski definition) is 7. The summed E-state index contributed by atoms with van der Waals surface area (Å²) < 4.78 is 10.4. The average molecular weight is 305 g/mol. The minimum atomic E-state index is -0.235. The summed E-state index contributed by atoms with van der Waals surface area (Å²) in [6.07, 6.45) is 7.41. The Hall–Kier alpha value is -1.76. The molecule has 120 valence electrons. The van der Waals surface area contributed by atoms with Crippen LogP contribution in [0.5, 0.6) is 0 Å². The third-order valence-electron chi connectivity index (χ3n) is 4.22. The van der Waals surface area contributed by atoms with Crippen LogP contribution in [0.1, 0.15) is 68.9 Å². The van der Waals surface area contributed by atoms with Crippen molar-refractivity contribution in [2.75, 3.05) is 0 Å². The molecule has 2 heterocycles. The molecule has 7 nitrogen and oxygen atoms in total. The third-order valence-corrected chi connectivity index (χ3v) is 4.22. The Morgan fingerprint density at radius 3 is 2.59 bits per heavy atom. The topological polar surface area (TPSA) is 89.9 Å². The van der Waals surface area contributed by atoms with Crippen LogP contribution in [-0.2, 0) is 18.5 Å². The molecule has 0 bridgehead atoms. The zero-order chi connectivity index (χ0) is 15.4. The van der Waals surface area contributed by atoms with Crippen LogP contribution in [0.25, 0.3) is 0 Å². The normalized spacial score (nSPS) is 17.7. The van der Waals surface area contributed by atoms with Gasteiger partial charge in [0.1, 0.15) is 0 Å². The number of aryl methyl sites for hydroxylation is 2. The first-order valence-electron chi connectivity index (χ1n) is 8.09. The summed E-state index contributed by atoms with van der Waals surface area (Å²) in [5, 5.41) is 11.7. The molecule has 7 heteroatoms. The monoisotopic (exact) mass is 305 g/mol. The van der Waals surface area contributed by atoms with E-state index in [-0.39, 0.29) is 5.54 Å². The van der Waals surface area contributed by atoms with Gasteiger partial charge in [0, 0.05) is 13.3 Å². The van der Waals surface area contributed by atoms with Crippen LogP contribution in [0.2, 0.25) is 0 Å². The Morgan fingerprint density at radius 2 is 1.91 bits per heavy atom. The van der Waals surface area contributed by atoms with Gasteiger partial charge in [-0.2, -0.15) is 9.97 Å². The standard InChI is InChI=1S/C15H23N5O2/c1-3-7-13-18-12(19-22-13)10-16-15(8-5-4-6-9-15)14-17-11(2)21-20-14/h16H,3-10H2,1-2H3. The molecular formula is C15H23N5O2. The highest BCUT2D eigenvalue weighted by Gasteiger charge is 2.38. The van der Waals surface area contributed by atoms with E-state index in [1.54, 1.807) is 0 Å². The van der Waals surface area contributed by atoms with Gasteiger partial charge in [-0.3, -0.25) is 5.32 Å². The number of aromatic nitrogens is 4. The van der Waals surface area contributed by atoms with E-state index in [0.717, 1.165) is 44.3 Å². The zero-order valence-electron chi connectivity index (χ0n) is 13.3. The Kier molecular flexibility index (Phi) is 4.52. The van der Waals surface area contributed by atoms with Crippen LogP contribution in [0, 0.1) is 6.92 Å². The van der Waals surface area contributed by atoms with Gasteiger partial charge in [0.25, 0.3) is 0 Å². The van der Waals surface area contributed by atoms with E-state index >= 15 is 0 Å². The van der Waals surface area contributed by atoms with Crippen molar-refractivity contribution in [3.63, 3.8) is 0 Å². The van der Waals surface area contributed by atoms with Crippen molar-refractivity contribution in [3.05, 3.63) is 23.4 Å². The molecule has 1 saturated carbocycles. The second-order valence-corrected chi connectivity index (χ2v) is 5.99. The molecule has 0 aliphatic heterocycles. The SMILES string of the molecule is CCCc1nc(CNC2(c3noc(C)n3)CCCCC2)no1. The van der Waals surface area contributed by atoms with Gasteiger partial charge in [0.05, 0.1) is 12.1 Å². The summed E-state index contributed by atoms with van der Waals surface area (Å²) in [6.45, 7) is 4.47. The van der Waals surface area contributed by atoms with Crippen molar-refractivity contribution in [1.29, 1.82) is 0 Å². The van der Waals surface area contributed by atoms with E-state index in [0.29, 0.717) is 24.2 Å². The number of nitrogens with one attached hydrogen (secondary N) is 1. The van der Waals surface area contributed by atoms with Gasteiger partial charge in [0.2, 0.25) is 11.8 Å². The van der Waals surface area contributed by atoms with Crippen LogP contribution in [0.4, 0.5) is 0 Å². The fourth-order valence-corrected chi connectivity index (χ4v) is 3.05. The van der Waals surface area contributed by atoms with Crippen LogP contribution in [-0.4, -0.2) is 20.3 Å². The van der Waals surface area contributed by atoms with E-state index in [9.17, 15) is 0 Å². The van der Waals surface area contributed by atoms with Crippen LogP contribution >= 0.6 is 0 Å². The highest BCUT2D eigenvalue weighted by Crippen LogP contribution is 2.35. The molecule has 22 heavy (non-hydrogen) atoms. The molecule has 1 aliphatic carbocycles. The number of hydrogen-bond donors (Lipinski definition) is 1. The lowest BCUT2D eigenvalue weighted by atomic mass is 9.81. The molecular weight excluding hydrogens is 282 g/mol. The molecule has 0 aromatic carbocycles. The maximum absolute atomic E-state index is 5.24. The first kappa shape index (κ1) is 15.1. The summed E-state index contributed by atoms with van der Waals surface area (Å²) in [7, 11) is 0. The Labute approximate surface area is 129 Å². The molecule has 0 unspecified atom stereocenters. The van der Waals surface area contributed by atoms with E-state index in [1.165, 1.54) is 6.42 Å². The first-order chi connectivity index (χ1) is 10.7. The maximum atomic E-state index is 5.24. The van der Waals surface area contributed by atoms with Gasteiger partial charge in [-0.15, -0.1) is 0 Å². The van der Waals surface area contributed by atoms with Crippen molar-refractivity contribution in [3.8, 4) is 0 Å². The van der Waals surface area contributed by atoms with Gasteiger partial charge in [-0.25, -0.2) is 0 Å². The Morgan fingerprint density at radius 1 is 1.09 bits per heavy atom. The van der Waals surface area contributed by atoms with Crippen LogP contribution < -0.4 is 5.32 Å². The molecule has 1 fully saturated rings. The van der Waals surface area contributed by atoms with E-state index in [4.69, 9.17) is 9.05 Å². The van der Waals surface area contributed by atoms with Crippen LogP contribution in [0.3, 0.4) is 0 Å². The molecule has 0 spiro atoms. The minimum Gasteiger partial charge on any atom is -0.340 e. The molecule has 0 radical (unpaired) electrons. The summed E-state index contributed by atoms with van der Waals surface area (Å²) in [6, 6.07) is 0. The third kappa shape index (κ3) is 3.19. The van der Waals surface area contributed by atoms with E-state index in [2.05, 4.69) is 32.5 Å². The molecule has 2 aromatic rings. The summed E-state index contributed by atoms with van der Waals surface area (Å²) in [5.74, 6) is 2.74. The molecule has 3 rings (SSSR count). The predicted octanol–water partition coefficient (Wildman–Crippen LogP) is 2.66. The molecule has 2 aromatic heterocycles. The van der Waals surface area contributed by atoms with Crippen LogP contribution in [0.15, 0.2) is 9.05 Å². The molecule has 0 atom stereocenters. The largest absolute Gasteiger partial charge is 0.340 e. The fourth-order valence-electron chi connectivity index (χ4n) is 3.05. The van der Waals surface area contributed by atoms with E-state index < -0.39 is 0 Å². The van der Waals surface area contributed by atoms with Crippen molar-refractivity contribution in [2.45, 2.75) is 70.9 Å². The Bertz CT molecular complexity index is 601. The second-order valence-electron chi connectivity index (χ2n) is 5.99. The summed E-state index contributed by atoms with van der Waals surface area (Å²) in [4.78, 5) is 8.86. The molecule has 0 amide bonds.